The van der Waals surface area contributed by atoms with E-state index in [0.29, 0.717) is 0 Å². The Bertz CT molecular complexity index is 775. The first-order valence-electron chi connectivity index (χ1n) is 8.29. The van der Waals surface area contributed by atoms with Crippen LogP contribution in [0.4, 0.5) is 0 Å². The third-order valence-electron chi connectivity index (χ3n) is 3.85. The van der Waals surface area contributed by atoms with E-state index in [-0.39, 0.29) is 29.0 Å². The van der Waals surface area contributed by atoms with Crippen LogP contribution in [0.3, 0.4) is 0 Å². The maximum Gasteiger partial charge on any atom is 0.221 e. The fourth-order valence-electron chi connectivity index (χ4n) is 2.59. The molecule has 2 aromatic rings. The first-order valence-corrected chi connectivity index (χ1v) is 9.95. The average molecular weight is 361 g/mol. The van der Waals surface area contributed by atoms with Gasteiger partial charge in [0.25, 0.3) is 0 Å². The molecular weight excluding hydrogens is 336 g/mol. The summed E-state index contributed by atoms with van der Waals surface area (Å²) in [5.74, 6) is -0.450. The minimum absolute atomic E-state index is 0.0523. The molecule has 2 N–H and O–H groups in total. The van der Waals surface area contributed by atoms with Crippen molar-refractivity contribution < 1.29 is 18.1 Å². The van der Waals surface area contributed by atoms with Crippen LogP contribution in [0.15, 0.2) is 65.6 Å². The summed E-state index contributed by atoms with van der Waals surface area (Å²) in [6, 6.07) is 17.8. The van der Waals surface area contributed by atoms with E-state index in [0.717, 1.165) is 12.1 Å². The predicted molar refractivity (Wildman–Crippen MR) is 98.1 cm³/mol. The molecule has 1 amide bonds. The van der Waals surface area contributed by atoms with Crippen molar-refractivity contribution in [2.75, 3.05) is 26.4 Å². The molecule has 134 valence electrons. The number of nitrogens with one attached hydrogen (secondary N) is 2. The zero-order valence-corrected chi connectivity index (χ0v) is 15.4. The van der Waals surface area contributed by atoms with Gasteiger partial charge in [-0.3, -0.25) is 4.79 Å². The third kappa shape index (κ3) is 5.99. The molecule has 2 aromatic carbocycles. The van der Waals surface area contributed by atoms with Gasteiger partial charge < -0.3 is 10.2 Å². The lowest BCUT2D eigenvalue weighted by molar-refractivity contribution is -0.860. The molecule has 0 aromatic heterocycles. The van der Waals surface area contributed by atoms with Crippen molar-refractivity contribution in [3.63, 3.8) is 0 Å². The largest absolute Gasteiger partial charge is 0.344 e. The quantitative estimate of drug-likeness (QED) is 0.733. The maximum atomic E-state index is 12.3. The van der Waals surface area contributed by atoms with E-state index in [4.69, 9.17) is 0 Å². The van der Waals surface area contributed by atoms with Crippen molar-refractivity contribution in [1.82, 2.24) is 5.32 Å². The lowest BCUT2D eigenvalue weighted by Crippen LogP contribution is -3.06. The van der Waals surface area contributed by atoms with E-state index in [1.807, 2.05) is 44.4 Å². The second kappa shape index (κ2) is 8.78. The zero-order valence-electron chi connectivity index (χ0n) is 14.6. The lowest BCUT2D eigenvalue weighted by atomic mass is 10.1. The predicted octanol–water partition coefficient (Wildman–Crippen LogP) is 0.852. The monoisotopic (exact) mass is 361 g/mol. The Morgan fingerprint density at radius 2 is 1.56 bits per heavy atom. The summed E-state index contributed by atoms with van der Waals surface area (Å²) in [4.78, 5) is 13.8. The topological polar surface area (TPSA) is 67.7 Å². The fraction of sp³-hybridized carbons (Fsp3) is 0.316. The van der Waals surface area contributed by atoms with Gasteiger partial charge in [0.1, 0.15) is 12.6 Å². The standard InChI is InChI=1S/C19H24N2O3S/c1-21(2)15-18(16-9-5-3-6-10-16)20-19(22)13-14-25(23,24)17-11-7-4-8-12-17/h3-12,18H,13-15H2,1-2H3,(H,20,22)/p+1/t18-/m0/s1. The van der Waals surface area contributed by atoms with Crippen LogP contribution >= 0.6 is 0 Å². The molecule has 0 heterocycles. The first kappa shape index (κ1) is 19.1. The van der Waals surface area contributed by atoms with E-state index in [1.54, 1.807) is 30.3 Å². The highest BCUT2D eigenvalue weighted by Gasteiger charge is 2.20. The van der Waals surface area contributed by atoms with Gasteiger partial charge in [0.05, 0.1) is 24.7 Å². The highest BCUT2D eigenvalue weighted by molar-refractivity contribution is 7.91. The van der Waals surface area contributed by atoms with Gasteiger partial charge >= 0.3 is 0 Å². The number of rotatable bonds is 8. The molecule has 6 heteroatoms. The molecule has 0 fully saturated rings. The molecule has 5 nitrogen and oxygen atoms in total. The third-order valence-corrected chi connectivity index (χ3v) is 5.58. The number of sulfone groups is 1. The van der Waals surface area contributed by atoms with E-state index in [1.165, 1.54) is 4.90 Å². The van der Waals surface area contributed by atoms with Crippen LogP contribution in [-0.2, 0) is 14.6 Å². The van der Waals surface area contributed by atoms with Gasteiger partial charge in [-0.15, -0.1) is 0 Å². The fourth-order valence-corrected chi connectivity index (χ4v) is 3.85. The molecule has 0 aliphatic rings. The average Bonchev–Trinajstić information content (AvgIpc) is 2.61. The summed E-state index contributed by atoms with van der Waals surface area (Å²) < 4.78 is 24.6. The minimum Gasteiger partial charge on any atom is -0.344 e. The van der Waals surface area contributed by atoms with Crippen LogP contribution in [0.2, 0.25) is 0 Å². The lowest BCUT2D eigenvalue weighted by Gasteiger charge is -2.21. The summed E-state index contributed by atoms with van der Waals surface area (Å²) in [5.41, 5.74) is 1.02. The van der Waals surface area contributed by atoms with Gasteiger partial charge in [-0.2, -0.15) is 0 Å². The summed E-state index contributed by atoms with van der Waals surface area (Å²) >= 11 is 0. The molecule has 2 rings (SSSR count). The molecule has 1 atom stereocenters. The molecular formula is C19H25N2O3S+. The van der Waals surface area contributed by atoms with Crippen molar-refractivity contribution in [2.45, 2.75) is 17.4 Å². The van der Waals surface area contributed by atoms with E-state index < -0.39 is 9.84 Å². The minimum atomic E-state index is -3.44. The van der Waals surface area contributed by atoms with Crippen LogP contribution in [0, 0.1) is 0 Å². The summed E-state index contributed by atoms with van der Waals surface area (Å²) in [6.07, 6.45) is -0.0523. The normalized spacial score (nSPS) is 12.8. The molecule has 0 spiro atoms. The Labute approximate surface area is 149 Å². The number of hydrogen-bond acceptors (Lipinski definition) is 3. The van der Waals surface area contributed by atoms with Crippen molar-refractivity contribution >= 4 is 15.7 Å². The van der Waals surface area contributed by atoms with Gasteiger partial charge in [-0.25, -0.2) is 8.42 Å². The van der Waals surface area contributed by atoms with Crippen LogP contribution in [0.1, 0.15) is 18.0 Å². The van der Waals surface area contributed by atoms with E-state index >= 15 is 0 Å². The SMILES string of the molecule is C[NH+](C)C[C@H](NC(=O)CCS(=O)(=O)c1ccccc1)c1ccccc1. The molecule has 0 radical (unpaired) electrons. The number of quaternary nitrogens is 1. The number of carbonyl (C=O) groups is 1. The molecule has 0 aliphatic carbocycles. The summed E-state index contributed by atoms with van der Waals surface area (Å²) in [6.45, 7) is 0.723. The van der Waals surface area contributed by atoms with Gasteiger partial charge in [0.2, 0.25) is 5.91 Å². The van der Waals surface area contributed by atoms with Gasteiger partial charge in [-0.05, 0) is 17.7 Å². The molecule has 25 heavy (non-hydrogen) atoms. The number of likely N-dealkylation sites (N-methyl/N-ethyl adjacent to an activating group) is 1. The highest BCUT2D eigenvalue weighted by atomic mass is 32.2. The molecule has 0 aliphatic heterocycles. The maximum absolute atomic E-state index is 12.3. The Morgan fingerprint density at radius 3 is 2.12 bits per heavy atom. The van der Waals surface area contributed by atoms with Crippen LogP contribution < -0.4 is 10.2 Å². The van der Waals surface area contributed by atoms with Crippen molar-refractivity contribution in [3.8, 4) is 0 Å². The first-order chi connectivity index (χ1) is 11.9. The molecule has 0 unspecified atom stereocenters. The van der Waals surface area contributed by atoms with Crippen LogP contribution in [-0.4, -0.2) is 40.7 Å². The summed E-state index contributed by atoms with van der Waals surface area (Å²) in [7, 11) is 0.587. The molecule has 0 saturated carbocycles. The Hall–Kier alpha value is -2.18. The highest BCUT2D eigenvalue weighted by Crippen LogP contribution is 2.13. The van der Waals surface area contributed by atoms with Crippen molar-refractivity contribution in [3.05, 3.63) is 66.2 Å². The molecule has 0 saturated heterocycles. The van der Waals surface area contributed by atoms with Gasteiger partial charge in [-0.1, -0.05) is 48.5 Å². The smallest absolute Gasteiger partial charge is 0.221 e. The number of carbonyl (C=O) groups excluding carboxylic acids is 1. The Kier molecular flexibility index (Phi) is 6.73. The van der Waals surface area contributed by atoms with Crippen LogP contribution in [0.25, 0.3) is 0 Å². The number of hydrogen-bond donors (Lipinski definition) is 2. The number of benzene rings is 2. The number of amides is 1. The Balaban J connectivity index is 1.99. The van der Waals surface area contributed by atoms with Crippen molar-refractivity contribution in [2.24, 2.45) is 0 Å². The zero-order chi connectivity index (χ0) is 18.3. The summed E-state index contributed by atoms with van der Waals surface area (Å²) in [5, 5.41) is 2.96. The van der Waals surface area contributed by atoms with E-state index in [2.05, 4.69) is 5.32 Å². The Morgan fingerprint density at radius 1 is 1.00 bits per heavy atom. The molecule has 0 bridgehead atoms. The second-order valence-corrected chi connectivity index (χ2v) is 8.43. The van der Waals surface area contributed by atoms with Gasteiger partial charge in [0.15, 0.2) is 9.84 Å². The van der Waals surface area contributed by atoms with Crippen LogP contribution in [0.5, 0.6) is 0 Å². The van der Waals surface area contributed by atoms with Crippen molar-refractivity contribution in [1.29, 1.82) is 0 Å². The second-order valence-electron chi connectivity index (χ2n) is 6.32. The van der Waals surface area contributed by atoms with E-state index in [9.17, 15) is 13.2 Å². The van der Waals surface area contributed by atoms with Gasteiger partial charge in [0, 0.05) is 6.42 Å².